The van der Waals surface area contributed by atoms with Crippen LogP contribution < -0.4 is 5.32 Å². The Hall–Kier alpha value is -1.49. The minimum absolute atomic E-state index is 0.131. The van der Waals surface area contributed by atoms with E-state index in [9.17, 15) is 4.79 Å². The lowest BCUT2D eigenvalue weighted by Gasteiger charge is -2.44. The van der Waals surface area contributed by atoms with Gasteiger partial charge in [0.05, 0.1) is 0 Å². The second kappa shape index (κ2) is 5.13. The summed E-state index contributed by atoms with van der Waals surface area (Å²) in [6, 6.07) is 9.88. The van der Waals surface area contributed by atoms with Gasteiger partial charge in [-0.2, -0.15) is 11.8 Å². The second-order valence-corrected chi connectivity index (χ2v) is 6.87. The van der Waals surface area contributed by atoms with Gasteiger partial charge in [-0.25, -0.2) is 4.79 Å². The summed E-state index contributed by atoms with van der Waals surface area (Å²) in [5.74, 6) is 1.49. The fraction of sp³-hybridized carbons (Fsp3) is 0.467. The number of thioether (sulfide) groups is 1. The number of nitrogens with zero attached hydrogens (tertiary/aromatic N) is 1. The molecule has 20 heavy (non-hydrogen) atoms. The van der Waals surface area contributed by atoms with Gasteiger partial charge in [-0.15, -0.1) is 0 Å². The van der Waals surface area contributed by atoms with Crippen LogP contribution in [0.2, 0.25) is 0 Å². The van der Waals surface area contributed by atoms with Crippen molar-refractivity contribution in [1.82, 2.24) is 10.2 Å². The number of amidine groups is 1. The molecule has 0 aromatic heterocycles. The number of carbonyl (C=O) groups excluding carboxylic acids is 1. The van der Waals surface area contributed by atoms with Crippen LogP contribution in [0.25, 0.3) is 0 Å². The van der Waals surface area contributed by atoms with Gasteiger partial charge >= 0.3 is 6.03 Å². The van der Waals surface area contributed by atoms with E-state index < -0.39 is 5.54 Å². The van der Waals surface area contributed by atoms with Gasteiger partial charge in [0.1, 0.15) is 11.4 Å². The minimum Gasteiger partial charge on any atom is -0.306 e. The molecule has 2 aliphatic heterocycles. The second-order valence-electron chi connectivity index (χ2n) is 5.42. The summed E-state index contributed by atoms with van der Waals surface area (Å²) in [4.78, 5) is 14.1. The summed E-state index contributed by atoms with van der Waals surface area (Å²) < 4.78 is 0. The maximum absolute atomic E-state index is 12.3. The molecule has 2 atom stereocenters. The van der Waals surface area contributed by atoms with Crippen molar-refractivity contribution in [2.75, 3.05) is 5.75 Å². The van der Waals surface area contributed by atoms with Crippen LogP contribution in [0.3, 0.4) is 0 Å². The molecule has 3 rings (SSSR count). The molecule has 0 aliphatic carbocycles. The number of amides is 2. The van der Waals surface area contributed by atoms with Crippen molar-refractivity contribution < 1.29 is 4.79 Å². The van der Waals surface area contributed by atoms with Gasteiger partial charge in [0.15, 0.2) is 0 Å². The third-order valence-electron chi connectivity index (χ3n) is 4.32. The molecule has 2 aliphatic rings. The lowest BCUT2D eigenvalue weighted by atomic mass is 9.87. The molecule has 1 spiro atoms. The summed E-state index contributed by atoms with van der Waals surface area (Å²) in [5, 5.41) is 11.3. The van der Waals surface area contributed by atoms with Crippen molar-refractivity contribution in [1.29, 1.82) is 5.41 Å². The van der Waals surface area contributed by atoms with Gasteiger partial charge < -0.3 is 4.90 Å². The average molecular weight is 289 g/mol. The standard InChI is InChI=1S/C15H19N3OS/c1-11-15(8-5-9-20-11)13(16)17-14(19)18(15)10-12-6-3-2-4-7-12/h2-4,6-7,11H,5,8-10H2,1H3,(H2,16,17,19). The van der Waals surface area contributed by atoms with E-state index in [-0.39, 0.29) is 11.3 Å². The number of benzene rings is 1. The van der Waals surface area contributed by atoms with Crippen LogP contribution in [0.4, 0.5) is 4.79 Å². The molecule has 2 heterocycles. The minimum atomic E-state index is -0.449. The Balaban J connectivity index is 1.94. The highest BCUT2D eigenvalue weighted by Gasteiger charge is 2.54. The van der Waals surface area contributed by atoms with E-state index >= 15 is 0 Å². The Bertz CT molecular complexity index is 533. The fourth-order valence-electron chi connectivity index (χ4n) is 3.20. The lowest BCUT2D eigenvalue weighted by Crippen LogP contribution is -2.57. The summed E-state index contributed by atoms with van der Waals surface area (Å²) in [6.07, 6.45) is 1.93. The van der Waals surface area contributed by atoms with E-state index in [0.717, 1.165) is 24.2 Å². The van der Waals surface area contributed by atoms with Crippen LogP contribution in [0.5, 0.6) is 0 Å². The predicted octanol–water partition coefficient (Wildman–Crippen LogP) is 2.84. The number of rotatable bonds is 2. The fourth-order valence-corrected chi connectivity index (χ4v) is 4.51. The molecule has 0 bridgehead atoms. The van der Waals surface area contributed by atoms with Crippen molar-refractivity contribution >= 4 is 23.6 Å². The van der Waals surface area contributed by atoms with Crippen molar-refractivity contribution in [2.24, 2.45) is 0 Å². The molecule has 2 amide bonds. The molecule has 2 N–H and O–H groups in total. The average Bonchev–Trinajstić information content (AvgIpc) is 2.68. The first kappa shape index (κ1) is 13.5. The monoisotopic (exact) mass is 289 g/mol. The molecule has 0 radical (unpaired) electrons. The van der Waals surface area contributed by atoms with Crippen LogP contribution in [0.1, 0.15) is 25.3 Å². The van der Waals surface area contributed by atoms with Gasteiger partial charge in [-0.3, -0.25) is 10.7 Å². The number of hydrogen-bond acceptors (Lipinski definition) is 3. The Morgan fingerprint density at radius 2 is 2.20 bits per heavy atom. The predicted molar refractivity (Wildman–Crippen MR) is 82.1 cm³/mol. The summed E-state index contributed by atoms with van der Waals surface area (Å²) in [5.41, 5.74) is 0.662. The normalized spacial score (nSPS) is 29.9. The Morgan fingerprint density at radius 3 is 2.90 bits per heavy atom. The first-order valence-corrected chi connectivity index (χ1v) is 8.02. The number of urea groups is 1. The van der Waals surface area contributed by atoms with Gasteiger partial charge in [-0.1, -0.05) is 37.3 Å². The third kappa shape index (κ3) is 2.00. The van der Waals surface area contributed by atoms with Gasteiger partial charge in [0, 0.05) is 11.8 Å². The smallest absolute Gasteiger partial charge is 0.306 e. The van der Waals surface area contributed by atoms with Crippen LogP contribution in [-0.2, 0) is 6.54 Å². The largest absolute Gasteiger partial charge is 0.323 e. The number of carbonyl (C=O) groups is 1. The highest BCUT2D eigenvalue weighted by Crippen LogP contribution is 2.42. The van der Waals surface area contributed by atoms with Crippen LogP contribution in [0, 0.1) is 5.41 Å². The molecule has 0 saturated carbocycles. The zero-order chi connectivity index (χ0) is 14.2. The van der Waals surface area contributed by atoms with Crippen LogP contribution >= 0.6 is 11.8 Å². The van der Waals surface area contributed by atoms with Crippen molar-refractivity contribution in [3.8, 4) is 0 Å². The summed E-state index contributed by atoms with van der Waals surface area (Å²) >= 11 is 1.86. The Kier molecular flexibility index (Phi) is 3.46. The first-order chi connectivity index (χ1) is 9.64. The van der Waals surface area contributed by atoms with E-state index in [4.69, 9.17) is 5.41 Å². The molecule has 2 unspecified atom stereocenters. The van der Waals surface area contributed by atoms with Crippen LogP contribution in [0.15, 0.2) is 30.3 Å². The van der Waals surface area contributed by atoms with Crippen molar-refractivity contribution in [3.63, 3.8) is 0 Å². The zero-order valence-electron chi connectivity index (χ0n) is 11.6. The maximum Gasteiger partial charge on any atom is 0.323 e. The van der Waals surface area contributed by atoms with E-state index in [0.29, 0.717) is 12.4 Å². The quantitative estimate of drug-likeness (QED) is 0.879. The molecule has 5 heteroatoms. The molecule has 4 nitrogen and oxygen atoms in total. The molecule has 2 fully saturated rings. The summed E-state index contributed by atoms with van der Waals surface area (Å²) in [6.45, 7) is 2.70. The van der Waals surface area contributed by atoms with Gasteiger partial charge in [0.25, 0.3) is 0 Å². The van der Waals surface area contributed by atoms with Crippen molar-refractivity contribution in [3.05, 3.63) is 35.9 Å². The highest BCUT2D eigenvalue weighted by molar-refractivity contribution is 8.00. The van der Waals surface area contributed by atoms with E-state index in [2.05, 4.69) is 12.2 Å². The molecule has 1 aromatic rings. The molecular weight excluding hydrogens is 270 g/mol. The molecule has 106 valence electrons. The van der Waals surface area contributed by atoms with Crippen LogP contribution in [-0.4, -0.2) is 33.3 Å². The topological polar surface area (TPSA) is 56.2 Å². The first-order valence-electron chi connectivity index (χ1n) is 6.98. The van der Waals surface area contributed by atoms with Gasteiger partial charge in [-0.05, 0) is 24.2 Å². The van der Waals surface area contributed by atoms with Crippen molar-refractivity contribution in [2.45, 2.75) is 37.1 Å². The van der Waals surface area contributed by atoms with Gasteiger partial charge in [0.2, 0.25) is 0 Å². The zero-order valence-corrected chi connectivity index (χ0v) is 12.4. The SMILES string of the molecule is CC1SCCCC12C(=N)NC(=O)N2Cc1ccccc1. The van der Waals surface area contributed by atoms with E-state index in [1.165, 1.54) is 0 Å². The molecule has 1 aromatic carbocycles. The number of hydrogen-bond donors (Lipinski definition) is 2. The lowest BCUT2D eigenvalue weighted by molar-refractivity contribution is 0.159. The third-order valence-corrected chi connectivity index (χ3v) is 5.73. The Morgan fingerprint density at radius 1 is 1.45 bits per heavy atom. The summed E-state index contributed by atoms with van der Waals surface area (Å²) in [7, 11) is 0. The Labute approximate surface area is 123 Å². The maximum atomic E-state index is 12.3. The number of nitrogens with one attached hydrogen (secondary N) is 2. The highest BCUT2D eigenvalue weighted by atomic mass is 32.2. The molecule has 2 saturated heterocycles. The molecular formula is C15H19N3OS. The van der Waals surface area contributed by atoms with E-state index in [1.54, 1.807) is 0 Å². The van der Waals surface area contributed by atoms with E-state index in [1.807, 2.05) is 47.0 Å².